The van der Waals surface area contributed by atoms with Crippen LogP contribution in [0, 0.1) is 0 Å². The molecule has 0 unspecified atom stereocenters. The molecule has 1 heterocycles. The summed E-state index contributed by atoms with van der Waals surface area (Å²) >= 11 is 0. The summed E-state index contributed by atoms with van der Waals surface area (Å²) in [6.07, 6.45) is 3.92. The predicted molar refractivity (Wildman–Crippen MR) is 47.0 cm³/mol. The van der Waals surface area contributed by atoms with Crippen LogP contribution in [0.25, 0.3) is 0 Å². The molecule has 0 aromatic carbocycles. The highest BCUT2D eigenvalue weighted by Gasteiger charge is 2.24. The number of hydrogen-bond donors (Lipinski definition) is 2. The molecule has 0 saturated heterocycles. The van der Waals surface area contributed by atoms with Gasteiger partial charge in [0.25, 0.3) is 0 Å². The largest absolute Gasteiger partial charge is 0.707 e. The van der Waals surface area contributed by atoms with Crippen molar-refractivity contribution in [2.45, 2.75) is 18.8 Å². The molecule has 2 N–H and O–H groups in total. The van der Waals surface area contributed by atoms with Crippen LogP contribution in [0.3, 0.4) is 0 Å². The van der Waals surface area contributed by atoms with Crippen LogP contribution in [-0.2, 0) is 0 Å². The maximum absolute atomic E-state index is 8.50. The molecule has 1 aromatic heterocycles. The molecule has 1 aliphatic carbocycles. The van der Waals surface area contributed by atoms with Crippen LogP contribution in [0.1, 0.15) is 24.5 Å². The SMILES string of the molecule is OB(O)Oc1ccc(C2CC2)nc1. The Hall–Kier alpha value is -1.07. The van der Waals surface area contributed by atoms with Crippen molar-refractivity contribution < 1.29 is 14.7 Å². The van der Waals surface area contributed by atoms with E-state index in [1.807, 2.05) is 6.07 Å². The van der Waals surface area contributed by atoms with E-state index in [1.54, 1.807) is 6.07 Å². The lowest BCUT2D eigenvalue weighted by Gasteiger charge is -2.04. The van der Waals surface area contributed by atoms with Gasteiger partial charge in [-0.3, -0.25) is 4.98 Å². The Kier molecular flexibility index (Phi) is 2.20. The molecule has 0 aliphatic heterocycles. The third-order valence-corrected chi connectivity index (χ3v) is 2.00. The summed E-state index contributed by atoms with van der Waals surface area (Å²) in [7, 11) is -1.77. The molecule has 4 nitrogen and oxygen atoms in total. The van der Waals surface area contributed by atoms with Gasteiger partial charge in [-0.2, -0.15) is 0 Å². The minimum absolute atomic E-state index is 0.374. The van der Waals surface area contributed by atoms with Crippen LogP contribution < -0.4 is 4.65 Å². The summed E-state index contributed by atoms with van der Waals surface area (Å²) in [5.74, 6) is 0.979. The third kappa shape index (κ3) is 2.20. The van der Waals surface area contributed by atoms with E-state index in [1.165, 1.54) is 19.0 Å². The van der Waals surface area contributed by atoms with E-state index in [-0.39, 0.29) is 0 Å². The second kappa shape index (κ2) is 3.36. The molecule has 2 rings (SSSR count). The van der Waals surface area contributed by atoms with Crippen LogP contribution in [-0.4, -0.2) is 22.4 Å². The first kappa shape index (κ1) is 8.53. The summed E-state index contributed by atoms with van der Waals surface area (Å²) in [6.45, 7) is 0. The highest BCUT2D eigenvalue weighted by Crippen LogP contribution is 2.39. The zero-order chi connectivity index (χ0) is 9.26. The molecule has 0 atom stereocenters. The minimum atomic E-state index is -1.77. The van der Waals surface area contributed by atoms with Gasteiger partial charge in [-0.1, -0.05) is 0 Å². The van der Waals surface area contributed by atoms with E-state index < -0.39 is 7.32 Å². The van der Waals surface area contributed by atoms with Gasteiger partial charge < -0.3 is 14.7 Å². The standard InChI is InChI=1S/C8H10BNO3/c11-9(12)13-7-3-4-8(10-5-7)6-1-2-6/h3-6,11-12H,1-2H2. The zero-order valence-corrected chi connectivity index (χ0v) is 7.05. The first-order valence-corrected chi connectivity index (χ1v) is 4.24. The number of aromatic nitrogens is 1. The van der Waals surface area contributed by atoms with E-state index in [0.29, 0.717) is 11.7 Å². The third-order valence-electron chi connectivity index (χ3n) is 2.00. The lowest BCUT2D eigenvalue weighted by molar-refractivity contribution is 0.287. The van der Waals surface area contributed by atoms with Gasteiger partial charge in [0, 0.05) is 11.6 Å². The lowest BCUT2D eigenvalue weighted by atomic mass is 10.2. The predicted octanol–water partition coefficient (Wildman–Crippen LogP) is 0.307. The molecule has 0 spiro atoms. The van der Waals surface area contributed by atoms with Crippen molar-refractivity contribution in [1.82, 2.24) is 4.98 Å². The number of hydrogen-bond acceptors (Lipinski definition) is 4. The number of nitrogens with zero attached hydrogens (tertiary/aromatic N) is 1. The maximum Gasteiger partial charge on any atom is 0.707 e. The molecule has 13 heavy (non-hydrogen) atoms. The molecule has 1 aliphatic rings. The second-order valence-electron chi connectivity index (χ2n) is 3.14. The van der Waals surface area contributed by atoms with E-state index in [2.05, 4.69) is 9.64 Å². The van der Waals surface area contributed by atoms with Crippen LogP contribution in [0.5, 0.6) is 5.75 Å². The van der Waals surface area contributed by atoms with Crippen molar-refractivity contribution in [3.63, 3.8) is 0 Å². The van der Waals surface area contributed by atoms with Gasteiger partial charge >= 0.3 is 7.32 Å². The summed E-state index contributed by atoms with van der Waals surface area (Å²) < 4.78 is 4.62. The van der Waals surface area contributed by atoms with Gasteiger partial charge in [-0.25, -0.2) is 0 Å². The Morgan fingerprint density at radius 2 is 2.15 bits per heavy atom. The highest BCUT2D eigenvalue weighted by atomic mass is 16.6. The van der Waals surface area contributed by atoms with Crippen molar-refractivity contribution in [2.75, 3.05) is 0 Å². The van der Waals surface area contributed by atoms with Crippen molar-refractivity contribution >= 4 is 7.32 Å². The van der Waals surface area contributed by atoms with Gasteiger partial charge in [-0.15, -0.1) is 0 Å². The van der Waals surface area contributed by atoms with Crippen molar-refractivity contribution in [3.05, 3.63) is 24.0 Å². The summed E-state index contributed by atoms with van der Waals surface area (Å²) in [6, 6.07) is 3.55. The molecule has 1 saturated carbocycles. The van der Waals surface area contributed by atoms with Crippen LogP contribution >= 0.6 is 0 Å². The summed E-state index contributed by atoms with van der Waals surface area (Å²) in [5.41, 5.74) is 1.06. The topological polar surface area (TPSA) is 62.6 Å². The fourth-order valence-corrected chi connectivity index (χ4v) is 1.20. The van der Waals surface area contributed by atoms with Crippen LogP contribution in [0.15, 0.2) is 18.3 Å². The quantitative estimate of drug-likeness (QED) is 0.655. The zero-order valence-electron chi connectivity index (χ0n) is 7.05. The van der Waals surface area contributed by atoms with Gasteiger partial charge in [0.1, 0.15) is 5.75 Å². The summed E-state index contributed by atoms with van der Waals surface area (Å²) in [4.78, 5) is 4.15. The van der Waals surface area contributed by atoms with E-state index in [0.717, 1.165) is 5.69 Å². The van der Waals surface area contributed by atoms with Crippen molar-refractivity contribution in [2.24, 2.45) is 0 Å². The second-order valence-corrected chi connectivity index (χ2v) is 3.14. The molecule has 0 radical (unpaired) electrons. The van der Waals surface area contributed by atoms with Gasteiger partial charge in [0.2, 0.25) is 0 Å². The monoisotopic (exact) mass is 179 g/mol. The fourth-order valence-electron chi connectivity index (χ4n) is 1.20. The molecule has 68 valence electrons. The number of pyridine rings is 1. The van der Waals surface area contributed by atoms with Crippen LogP contribution in [0.2, 0.25) is 0 Å². The summed E-state index contributed by atoms with van der Waals surface area (Å²) in [5, 5.41) is 17.0. The lowest BCUT2D eigenvalue weighted by Crippen LogP contribution is -2.20. The first-order valence-electron chi connectivity index (χ1n) is 4.24. The Morgan fingerprint density at radius 3 is 2.62 bits per heavy atom. The minimum Gasteiger partial charge on any atom is -0.511 e. The smallest absolute Gasteiger partial charge is 0.511 e. The molecule has 0 bridgehead atoms. The maximum atomic E-state index is 8.50. The van der Waals surface area contributed by atoms with E-state index in [9.17, 15) is 0 Å². The van der Waals surface area contributed by atoms with Gasteiger partial charge in [-0.05, 0) is 25.0 Å². The Morgan fingerprint density at radius 1 is 1.38 bits per heavy atom. The molecular formula is C8H10BNO3. The first-order chi connectivity index (χ1) is 6.25. The normalized spacial score (nSPS) is 15.5. The molecule has 1 aromatic rings. The van der Waals surface area contributed by atoms with Crippen LogP contribution in [0.4, 0.5) is 0 Å². The van der Waals surface area contributed by atoms with Gasteiger partial charge in [0.05, 0.1) is 6.20 Å². The van der Waals surface area contributed by atoms with Gasteiger partial charge in [0.15, 0.2) is 0 Å². The van der Waals surface area contributed by atoms with Crippen molar-refractivity contribution in [3.8, 4) is 5.75 Å². The Balaban J connectivity index is 2.04. The number of rotatable bonds is 3. The fraction of sp³-hybridized carbons (Fsp3) is 0.375. The van der Waals surface area contributed by atoms with E-state index in [4.69, 9.17) is 10.0 Å². The molecule has 5 heteroatoms. The Labute approximate surface area is 76.4 Å². The average molecular weight is 179 g/mol. The Bertz CT molecular complexity index is 284. The molecule has 1 fully saturated rings. The molecule has 0 amide bonds. The van der Waals surface area contributed by atoms with Crippen molar-refractivity contribution in [1.29, 1.82) is 0 Å². The van der Waals surface area contributed by atoms with E-state index >= 15 is 0 Å². The molecular weight excluding hydrogens is 169 g/mol. The average Bonchev–Trinajstić information content (AvgIpc) is 2.87. The highest BCUT2D eigenvalue weighted by molar-refractivity contribution is 6.33.